The molecule has 2 aromatic carbocycles. The molecule has 1 heteroatoms. The molecular weight excluding hydrogens is 304 g/mol. The molecule has 2 rings (SSSR count). The summed E-state index contributed by atoms with van der Waals surface area (Å²) in [7, 11) is 0. The van der Waals surface area contributed by atoms with Crippen LogP contribution < -0.4 is 4.74 Å². The van der Waals surface area contributed by atoms with Gasteiger partial charge in [-0.15, -0.1) is 0 Å². The van der Waals surface area contributed by atoms with Crippen LogP contribution in [-0.4, -0.2) is 6.61 Å². The van der Waals surface area contributed by atoms with Gasteiger partial charge in [0.25, 0.3) is 0 Å². The summed E-state index contributed by atoms with van der Waals surface area (Å²) >= 11 is 0. The minimum absolute atomic E-state index is 0.800. The largest absolute Gasteiger partial charge is 0.494 e. The normalized spacial score (nSPS) is 11.4. The van der Waals surface area contributed by atoms with Gasteiger partial charge in [0.1, 0.15) is 5.75 Å². The smallest absolute Gasteiger partial charge is 0.119 e. The number of hydrogen-bond acceptors (Lipinski definition) is 1. The molecule has 0 amide bonds. The van der Waals surface area contributed by atoms with Crippen LogP contribution in [0.3, 0.4) is 0 Å². The lowest BCUT2D eigenvalue weighted by Crippen LogP contribution is -1.95. The first-order valence-corrected chi connectivity index (χ1v) is 9.69. The Morgan fingerprint density at radius 3 is 2.12 bits per heavy atom. The molecule has 134 valence electrons. The van der Waals surface area contributed by atoms with Gasteiger partial charge in [-0.1, -0.05) is 82.2 Å². The number of ether oxygens (including phenoxy) is 1. The van der Waals surface area contributed by atoms with Crippen LogP contribution in [0.1, 0.15) is 58.4 Å². The van der Waals surface area contributed by atoms with Gasteiger partial charge in [-0.3, -0.25) is 0 Å². The lowest BCUT2D eigenvalue weighted by atomic mass is 10.0. The zero-order valence-electron chi connectivity index (χ0n) is 16.0. The molecule has 0 heterocycles. The van der Waals surface area contributed by atoms with Gasteiger partial charge in [-0.05, 0) is 54.0 Å². The van der Waals surface area contributed by atoms with E-state index in [2.05, 4.69) is 81.5 Å². The molecule has 0 N–H and O–H groups in total. The molecule has 0 spiro atoms. The number of benzene rings is 2. The van der Waals surface area contributed by atoms with E-state index in [4.69, 9.17) is 4.74 Å². The maximum atomic E-state index is 5.73. The molecular formula is C24H32O. The SMILES string of the molecule is CCCCOc1ccc(-c2ccc(/C=C/CCCC(C)C)cc2)cc1. The Morgan fingerprint density at radius 2 is 1.52 bits per heavy atom. The Hall–Kier alpha value is -2.02. The van der Waals surface area contributed by atoms with Crippen molar-refractivity contribution in [3.63, 3.8) is 0 Å². The van der Waals surface area contributed by atoms with E-state index in [1.807, 2.05) is 0 Å². The van der Waals surface area contributed by atoms with Crippen LogP contribution in [0.15, 0.2) is 54.6 Å². The molecule has 25 heavy (non-hydrogen) atoms. The highest BCUT2D eigenvalue weighted by Gasteiger charge is 1.99. The fourth-order valence-electron chi connectivity index (χ4n) is 2.73. The summed E-state index contributed by atoms with van der Waals surface area (Å²) in [6.45, 7) is 7.55. The Bertz CT molecular complexity index is 620. The van der Waals surface area contributed by atoms with Gasteiger partial charge in [-0.25, -0.2) is 0 Å². The summed E-state index contributed by atoms with van der Waals surface area (Å²) in [5.74, 6) is 1.76. The zero-order valence-corrected chi connectivity index (χ0v) is 16.0. The molecule has 0 aliphatic heterocycles. The Morgan fingerprint density at radius 1 is 0.880 bits per heavy atom. The second-order valence-corrected chi connectivity index (χ2v) is 7.08. The maximum absolute atomic E-state index is 5.73. The lowest BCUT2D eigenvalue weighted by Gasteiger charge is -2.07. The standard InChI is InChI=1S/C24H32O/c1-4-5-19-25-24-17-15-23(16-18-24)22-13-11-21(12-14-22)10-8-6-7-9-20(2)3/h8,10-18,20H,4-7,9,19H2,1-3H3/b10-8+. The van der Waals surface area contributed by atoms with Crippen molar-refractivity contribution in [1.29, 1.82) is 0 Å². The van der Waals surface area contributed by atoms with Crippen molar-refractivity contribution in [3.05, 3.63) is 60.2 Å². The van der Waals surface area contributed by atoms with E-state index in [0.29, 0.717) is 0 Å². The molecule has 0 aliphatic rings. The lowest BCUT2D eigenvalue weighted by molar-refractivity contribution is 0.309. The van der Waals surface area contributed by atoms with Crippen LogP contribution in [0.4, 0.5) is 0 Å². The van der Waals surface area contributed by atoms with Crippen LogP contribution >= 0.6 is 0 Å². The summed E-state index contributed by atoms with van der Waals surface area (Å²) in [5.41, 5.74) is 3.75. The van der Waals surface area contributed by atoms with E-state index in [-0.39, 0.29) is 0 Å². The van der Waals surface area contributed by atoms with Gasteiger partial charge in [0, 0.05) is 0 Å². The van der Waals surface area contributed by atoms with Gasteiger partial charge in [-0.2, -0.15) is 0 Å². The summed E-state index contributed by atoms with van der Waals surface area (Å²) in [5, 5.41) is 0. The maximum Gasteiger partial charge on any atom is 0.119 e. The van der Waals surface area contributed by atoms with Crippen molar-refractivity contribution in [2.24, 2.45) is 5.92 Å². The highest BCUT2D eigenvalue weighted by molar-refractivity contribution is 5.66. The van der Waals surface area contributed by atoms with E-state index < -0.39 is 0 Å². The molecule has 0 fully saturated rings. The fourth-order valence-corrected chi connectivity index (χ4v) is 2.73. The number of hydrogen-bond donors (Lipinski definition) is 0. The molecule has 1 nitrogen and oxygen atoms in total. The van der Waals surface area contributed by atoms with E-state index in [1.54, 1.807) is 0 Å². The summed E-state index contributed by atoms with van der Waals surface area (Å²) in [4.78, 5) is 0. The van der Waals surface area contributed by atoms with Gasteiger partial charge >= 0.3 is 0 Å². The van der Waals surface area contributed by atoms with Crippen molar-refractivity contribution < 1.29 is 4.74 Å². The highest BCUT2D eigenvalue weighted by atomic mass is 16.5. The van der Waals surface area contributed by atoms with Crippen molar-refractivity contribution >= 4 is 6.08 Å². The molecule has 0 bridgehead atoms. The van der Waals surface area contributed by atoms with E-state index in [9.17, 15) is 0 Å². The average Bonchev–Trinajstić information content (AvgIpc) is 2.63. The van der Waals surface area contributed by atoms with Crippen LogP contribution in [0.2, 0.25) is 0 Å². The molecule has 0 atom stereocenters. The van der Waals surface area contributed by atoms with Gasteiger partial charge in [0.2, 0.25) is 0 Å². The second-order valence-electron chi connectivity index (χ2n) is 7.08. The molecule has 0 aromatic heterocycles. The summed E-state index contributed by atoms with van der Waals surface area (Å²) < 4.78 is 5.73. The third-order valence-electron chi connectivity index (χ3n) is 4.33. The minimum Gasteiger partial charge on any atom is -0.494 e. The fraction of sp³-hybridized carbons (Fsp3) is 0.417. The van der Waals surface area contributed by atoms with Crippen LogP contribution in [0.25, 0.3) is 17.2 Å². The van der Waals surface area contributed by atoms with Crippen LogP contribution in [-0.2, 0) is 0 Å². The van der Waals surface area contributed by atoms with Crippen molar-refractivity contribution in [3.8, 4) is 16.9 Å². The van der Waals surface area contributed by atoms with Crippen molar-refractivity contribution in [1.82, 2.24) is 0 Å². The molecule has 0 radical (unpaired) electrons. The number of allylic oxidation sites excluding steroid dienone is 1. The van der Waals surface area contributed by atoms with Gasteiger partial charge in [0.05, 0.1) is 6.61 Å². The minimum atomic E-state index is 0.800. The summed E-state index contributed by atoms with van der Waals surface area (Å²) in [6, 6.07) is 17.2. The molecule has 0 saturated heterocycles. The monoisotopic (exact) mass is 336 g/mol. The quantitative estimate of drug-likeness (QED) is 0.411. The first-order valence-electron chi connectivity index (χ1n) is 9.69. The Balaban J connectivity index is 1.87. The zero-order chi connectivity index (χ0) is 17.9. The van der Waals surface area contributed by atoms with Crippen molar-refractivity contribution in [2.45, 2.75) is 52.9 Å². The third kappa shape index (κ3) is 7.17. The van der Waals surface area contributed by atoms with E-state index >= 15 is 0 Å². The molecule has 0 unspecified atom stereocenters. The molecule has 0 aliphatic carbocycles. The second kappa shape index (κ2) is 10.8. The van der Waals surface area contributed by atoms with Crippen molar-refractivity contribution in [2.75, 3.05) is 6.61 Å². The predicted octanol–water partition coefficient (Wildman–Crippen LogP) is 7.37. The number of rotatable bonds is 10. The average molecular weight is 337 g/mol. The predicted molar refractivity (Wildman–Crippen MR) is 110 cm³/mol. The number of unbranched alkanes of at least 4 members (excludes halogenated alkanes) is 2. The molecule has 2 aromatic rings. The first kappa shape index (κ1) is 19.3. The Kier molecular flexibility index (Phi) is 8.31. The first-order chi connectivity index (χ1) is 12.2. The molecule has 0 saturated carbocycles. The van der Waals surface area contributed by atoms with Gasteiger partial charge in [0.15, 0.2) is 0 Å². The highest BCUT2D eigenvalue weighted by Crippen LogP contribution is 2.23. The van der Waals surface area contributed by atoms with Crippen LogP contribution in [0, 0.1) is 5.92 Å². The van der Waals surface area contributed by atoms with E-state index in [0.717, 1.165) is 31.1 Å². The van der Waals surface area contributed by atoms with Gasteiger partial charge < -0.3 is 4.74 Å². The van der Waals surface area contributed by atoms with Crippen LogP contribution in [0.5, 0.6) is 5.75 Å². The third-order valence-corrected chi connectivity index (χ3v) is 4.33. The summed E-state index contributed by atoms with van der Waals surface area (Å²) in [6.07, 6.45) is 10.5. The van der Waals surface area contributed by atoms with E-state index in [1.165, 1.54) is 36.0 Å². The Labute approximate surface area is 153 Å². The topological polar surface area (TPSA) is 9.23 Å².